The predicted molar refractivity (Wildman–Crippen MR) is 78.6 cm³/mol. The van der Waals surface area contributed by atoms with E-state index in [1.165, 1.54) is 18.6 Å². The fraction of sp³-hybridized carbons (Fsp3) is 0.467. The SMILES string of the molecule is CC1CCCCC1NC(=O)Nc1ccc(C(=O)O)cc1O. The van der Waals surface area contributed by atoms with Gasteiger partial charge in [-0.15, -0.1) is 0 Å². The topological polar surface area (TPSA) is 98.7 Å². The lowest BCUT2D eigenvalue weighted by Crippen LogP contribution is -2.43. The average molecular weight is 292 g/mol. The summed E-state index contributed by atoms with van der Waals surface area (Å²) in [5.41, 5.74) is 0.167. The number of anilines is 1. The molecule has 2 rings (SSSR count). The summed E-state index contributed by atoms with van der Waals surface area (Å²) in [7, 11) is 0. The van der Waals surface area contributed by atoms with E-state index in [9.17, 15) is 14.7 Å². The van der Waals surface area contributed by atoms with Gasteiger partial charge >= 0.3 is 12.0 Å². The van der Waals surface area contributed by atoms with Crippen molar-refractivity contribution in [2.45, 2.75) is 38.6 Å². The molecule has 6 heteroatoms. The fourth-order valence-corrected chi connectivity index (χ4v) is 2.63. The van der Waals surface area contributed by atoms with Crippen molar-refractivity contribution in [3.05, 3.63) is 23.8 Å². The smallest absolute Gasteiger partial charge is 0.335 e. The van der Waals surface area contributed by atoms with Crippen LogP contribution in [0.15, 0.2) is 18.2 Å². The number of carboxylic acids is 1. The molecule has 1 fully saturated rings. The molecule has 2 amide bonds. The van der Waals surface area contributed by atoms with Crippen molar-refractivity contribution in [2.24, 2.45) is 5.92 Å². The number of phenols is 1. The van der Waals surface area contributed by atoms with Gasteiger partial charge in [-0.1, -0.05) is 19.8 Å². The number of carbonyl (C=O) groups is 2. The number of hydrogen-bond acceptors (Lipinski definition) is 3. The number of phenolic OH excluding ortho intramolecular Hbond substituents is 1. The Morgan fingerprint density at radius 2 is 1.95 bits per heavy atom. The molecule has 1 aromatic carbocycles. The first-order valence-corrected chi connectivity index (χ1v) is 7.11. The lowest BCUT2D eigenvalue weighted by atomic mass is 9.86. The Labute approximate surface area is 123 Å². The molecule has 1 aromatic rings. The van der Waals surface area contributed by atoms with Gasteiger partial charge in [0.25, 0.3) is 0 Å². The van der Waals surface area contributed by atoms with Gasteiger partial charge in [-0.05, 0) is 37.0 Å². The second-order valence-corrected chi connectivity index (χ2v) is 5.50. The van der Waals surface area contributed by atoms with Crippen LogP contribution in [0.3, 0.4) is 0 Å². The maximum atomic E-state index is 11.9. The van der Waals surface area contributed by atoms with Crippen molar-refractivity contribution in [1.82, 2.24) is 5.32 Å². The van der Waals surface area contributed by atoms with Gasteiger partial charge in [0.05, 0.1) is 11.3 Å². The second kappa shape index (κ2) is 6.47. The Hall–Kier alpha value is -2.24. The molecule has 2 unspecified atom stereocenters. The largest absolute Gasteiger partial charge is 0.506 e. The number of carboxylic acid groups (broad SMARTS) is 1. The number of aromatic carboxylic acids is 1. The third kappa shape index (κ3) is 3.87. The van der Waals surface area contributed by atoms with Gasteiger partial charge < -0.3 is 20.8 Å². The van der Waals surface area contributed by atoms with Gasteiger partial charge in [0, 0.05) is 6.04 Å². The maximum Gasteiger partial charge on any atom is 0.335 e. The normalized spacial score (nSPS) is 21.6. The van der Waals surface area contributed by atoms with Crippen molar-refractivity contribution in [2.75, 3.05) is 5.32 Å². The molecular formula is C15H20N2O4. The highest BCUT2D eigenvalue weighted by Gasteiger charge is 2.23. The molecule has 0 heterocycles. The van der Waals surface area contributed by atoms with Crippen LogP contribution in [0.4, 0.5) is 10.5 Å². The van der Waals surface area contributed by atoms with Crippen LogP contribution in [0.1, 0.15) is 43.0 Å². The second-order valence-electron chi connectivity index (χ2n) is 5.50. The number of amides is 2. The molecule has 0 radical (unpaired) electrons. The first-order valence-electron chi connectivity index (χ1n) is 7.11. The van der Waals surface area contributed by atoms with Crippen molar-refractivity contribution in [3.8, 4) is 5.75 Å². The highest BCUT2D eigenvalue weighted by atomic mass is 16.4. The average Bonchev–Trinajstić information content (AvgIpc) is 2.43. The van der Waals surface area contributed by atoms with E-state index >= 15 is 0 Å². The Kier molecular flexibility index (Phi) is 4.67. The van der Waals surface area contributed by atoms with Gasteiger partial charge in [-0.2, -0.15) is 0 Å². The molecule has 1 saturated carbocycles. The number of carbonyl (C=O) groups excluding carboxylic acids is 1. The third-order valence-corrected chi connectivity index (χ3v) is 3.92. The number of aromatic hydroxyl groups is 1. The van der Waals surface area contributed by atoms with Gasteiger partial charge in [-0.25, -0.2) is 9.59 Å². The van der Waals surface area contributed by atoms with Gasteiger partial charge in [0.1, 0.15) is 5.75 Å². The lowest BCUT2D eigenvalue weighted by Gasteiger charge is -2.29. The van der Waals surface area contributed by atoms with E-state index in [1.807, 2.05) is 0 Å². The van der Waals surface area contributed by atoms with E-state index in [4.69, 9.17) is 5.11 Å². The zero-order valence-corrected chi connectivity index (χ0v) is 11.9. The summed E-state index contributed by atoms with van der Waals surface area (Å²) in [4.78, 5) is 22.7. The van der Waals surface area contributed by atoms with Crippen LogP contribution in [0.5, 0.6) is 5.75 Å². The van der Waals surface area contributed by atoms with Gasteiger partial charge in [0.15, 0.2) is 0 Å². The van der Waals surface area contributed by atoms with E-state index in [0.29, 0.717) is 5.92 Å². The monoisotopic (exact) mass is 292 g/mol. The Balaban J connectivity index is 1.97. The van der Waals surface area contributed by atoms with Crippen molar-refractivity contribution < 1.29 is 19.8 Å². The Morgan fingerprint density at radius 1 is 1.24 bits per heavy atom. The molecule has 1 aliphatic rings. The molecule has 21 heavy (non-hydrogen) atoms. The number of hydrogen-bond donors (Lipinski definition) is 4. The molecule has 114 valence electrons. The van der Waals surface area contributed by atoms with E-state index < -0.39 is 5.97 Å². The summed E-state index contributed by atoms with van der Waals surface area (Å²) < 4.78 is 0. The van der Waals surface area contributed by atoms with Crippen LogP contribution < -0.4 is 10.6 Å². The third-order valence-electron chi connectivity index (χ3n) is 3.92. The van der Waals surface area contributed by atoms with Crippen LogP contribution in [0.25, 0.3) is 0 Å². The minimum absolute atomic E-state index is 0.0284. The number of nitrogens with one attached hydrogen (secondary N) is 2. The van der Waals surface area contributed by atoms with Gasteiger partial charge in [0.2, 0.25) is 0 Å². The van der Waals surface area contributed by atoms with Crippen molar-refractivity contribution >= 4 is 17.7 Å². The Morgan fingerprint density at radius 3 is 2.57 bits per heavy atom. The molecule has 0 aliphatic heterocycles. The minimum Gasteiger partial charge on any atom is -0.506 e. The summed E-state index contributed by atoms with van der Waals surface area (Å²) >= 11 is 0. The van der Waals surface area contributed by atoms with Gasteiger partial charge in [-0.3, -0.25) is 0 Å². The molecule has 2 atom stereocenters. The predicted octanol–water partition coefficient (Wildman–Crippen LogP) is 2.79. The molecule has 0 saturated heterocycles. The standard InChI is InChI=1S/C15H20N2O4/c1-9-4-2-3-5-11(9)16-15(21)17-12-7-6-10(14(19)20)8-13(12)18/h6-9,11,18H,2-5H2,1H3,(H,19,20)(H2,16,17,21). The maximum absolute atomic E-state index is 11.9. The first kappa shape index (κ1) is 15.2. The minimum atomic E-state index is -1.13. The molecule has 0 aromatic heterocycles. The molecule has 0 bridgehead atoms. The van der Waals surface area contributed by atoms with Crippen molar-refractivity contribution in [1.29, 1.82) is 0 Å². The summed E-state index contributed by atoms with van der Waals surface area (Å²) in [6, 6.07) is 3.58. The van der Waals surface area contributed by atoms with Crippen LogP contribution >= 0.6 is 0 Å². The molecule has 6 nitrogen and oxygen atoms in total. The summed E-state index contributed by atoms with van der Waals surface area (Å²) in [5.74, 6) is -0.952. The molecule has 0 spiro atoms. The molecule has 1 aliphatic carbocycles. The Bertz CT molecular complexity index is 544. The van der Waals surface area contributed by atoms with Crippen molar-refractivity contribution in [3.63, 3.8) is 0 Å². The quantitative estimate of drug-likeness (QED) is 0.644. The van der Waals surface area contributed by atoms with E-state index in [1.54, 1.807) is 0 Å². The van der Waals surface area contributed by atoms with Crippen LogP contribution in [0, 0.1) is 5.92 Å². The number of rotatable bonds is 3. The zero-order valence-electron chi connectivity index (χ0n) is 11.9. The summed E-state index contributed by atoms with van der Waals surface area (Å²) in [6.45, 7) is 2.11. The van der Waals surface area contributed by atoms with Crippen LogP contribution in [-0.4, -0.2) is 28.3 Å². The molecule has 4 N–H and O–H groups in total. The van der Waals surface area contributed by atoms with Crippen LogP contribution in [-0.2, 0) is 0 Å². The lowest BCUT2D eigenvalue weighted by molar-refractivity contribution is 0.0696. The first-order chi connectivity index (χ1) is 9.97. The van der Waals surface area contributed by atoms with E-state index in [-0.39, 0.29) is 29.1 Å². The van der Waals surface area contributed by atoms with Crippen LogP contribution in [0.2, 0.25) is 0 Å². The number of benzene rings is 1. The fourth-order valence-electron chi connectivity index (χ4n) is 2.63. The number of urea groups is 1. The molecular weight excluding hydrogens is 272 g/mol. The van der Waals surface area contributed by atoms with E-state index in [0.717, 1.165) is 25.3 Å². The highest BCUT2D eigenvalue weighted by Crippen LogP contribution is 2.26. The summed E-state index contributed by atoms with van der Waals surface area (Å²) in [6.07, 6.45) is 4.36. The van der Waals surface area contributed by atoms with E-state index in [2.05, 4.69) is 17.6 Å². The highest BCUT2D eigenvalue weighted by molar-refractivity contribution is 5.93. The summed E-state index contributed by atoms with van der Waals surface area (Å²) in [5, 5.41) is 24.0. The zero-order chi connectivity index (χ0) is 15.4.